The van der Waals surface area contributed by atoms with E-state index < -0.39 is 0 Å². The molecule has 0 bridgehead atoms. The zero-order valence-electron chi connectivity index (χ0n) is 14.5. The first kappa shape index (κ1) is 16.1. The van der Waals surface area contributed by atoms with Crippen LogP contribution in [0.1, 0.15) is 39.7 Å². The van der Waals surface area contributed by atoms with Gasteiger partial charge < -0.3 is 13.9 Å². The number of carbonyl (C=O) groups excluding carboxylic acids is 1. The van der Waals surface area contributed by atoms with Crippen molar-refractivity contribution in [1.82, 2.24) is 14.5 Å². The number of thiazole rings is 1. The predicted molar refractivity (Wildman–Crippen MR) is 98.0 cm³/mol. The lowest BCUT2D eigenvalue weighted by Gasteiger charge is -2.15. The first-order valence-electron chi connectivity index (χ1n) is 8.58. The standard InChI is InChI=1S/C19H21N3O2S/c1-13-16(19(23)21-7-3-4-8-21)10-18(17-12-25-14(2)20-17)22(13)11-15-6-5-9-24-15/h5-6,9-10,12H,3-4,7-8,11H2,1-2H3. The van der Waals surface area contributed by atoms with Gasteiger partial charge in [-0.1, -0.05) is 0 Å². The number of furan rings is 1. The molecule has 5 nitrogen and oxygen atoms in total. The zero-order valence-corrected chi connectivity index (χ0v) is 15.3. The maximum absolute atomic E-state index is 12.9. The number of rotatable bonds is 4. The molecule has 6 heteroatoms. The number of hydrogen-bond donors (Lipinski definition) is 0. The van der Waals surface area contributed by atoms with Crippen molar-refractivity contribution in [3.63, 3.8) is 0 Å². The van der Waals surface area contributed by atoms with E-state index in [-0.39, 0.29) is 5.91 Å². The summed E-state index contributed by atoms with van der Waals surface area (Å²) in [4.78, 5) is 19.5. The van der Waals surface area contributed by atoms with E-state index >= 15 is 0 Å². The van der Waals surface area contributed by atoms with Gasteiger partial charge in [0.15, 0.2) is 0 Å². The van der Waals surface area contributed by atoms with E-state index in [9.17, 15) is 4.79 Å². The topological polar surface area (TPSA) is 51.3 Å². The lowest BCUT2D eigenvalue weighted by atomic mass is 10.2. The van der Waals surface area contributed by atoms with Crippen LogP contribution >= 0.6 is 11.3 Å². The molecule has 0 radical (unpaired) electrons. The highest BCUT2D eigenvalue weighted by molar-refractivity contribution is 7.09. The largest absolute Gasteiger partial charge is 0.467 e. The van der Waals surface area contributed by atoms with Gasteiger partial charge in [0.2, 0.25) is 0 Å². The SMILES string of the molecule is Cc1nc(-c2cc(C(=O)N3CCCC3)c(C)n2Cc2ccco2)cs1. The van der Waals surface area contributed by atoms with Crippen LogP contribution in [-0.4, -0.2) is 33.4 Å². The van der Waals surface area contributed by atoms with Gasteiger partial charge in [-0.3, -0.25) is 4.79 Å². The summed E-state index contributed by atoms with van der Waals surface area (Å²) in [5, 5.41) is 3.07. The number of carbonyl (C=O) groups is 1. The van der Waals surface area contributed by atoms with Gasteiger partial charge in [-0.05, 0) is 44.9 Å². The fraction of sp³-hybridized carbons (Fsp3) is 0.368. The van der Waals surface area contributed by atoms with Crippen molar-refractivity contribution in [3.05, 3.63) is 51.9 Å². The molecule has 4 heterocycles. The van der Waals surface area contributed by atoms with Crippen LogP contribution in [0, 0.1) is 13.8 Å². The van der Waals surface area contributed by atoms with E-state index in [1.807, 2.05) is 42.3 Å². The third-order valence-corrected chi connectivity index (χ3v) is 5.54. The van der Waals surface area contributed by atoms with E-state index in [4.69, 9.17) is 4.42 Å². The summed E-state index contributed by atoms with van der Waals surface area (Å²) in [6.07, 6.45) is 3.86. The van der Waals surface area contributed by atoms with Crippen LogP contribution in [0.4, 0.5) is 0 Å². The molecule has 0 saturated carbocycles. The highest BCUT2D eigenvalue weighted by atomic mass is 32.1. The molecular weight excluding hydrogens is 334 g/mol. The zero-order chi connectivity index (χ0) is 17.4. The van der Waals surface area contributed by atoms with Crippen molar-refractivity contribution < 1.29 is 9.21 Å². The number of likely N-dealkylation sites (tertiary alicyclic amines) is 1. The van der Waals surface area contributed by atoms with Crippen LogP contribution in [0.25, 0.3) is 11.4 Å². The van der Waals surface area contributed by atoms with Gasteiger partial charge in [-0.15, -0.1) is 11.3 Å². The summed E-state index contributed by atoms with van der Waals surface area (Å²) in [5.41, 5.74) is 3.63. The Morgan fingerprint density at radius 1 is 1.32 bits per heavy atom. The number of amides is 1. The van der Waals surface area contributed by atoms with Gasteiger partial charge in [0, 0.05) is 24.2 Å². The molecule has 1 aliphatic rings. The molecule has 3 aromatic heterocycles. The Morgan fingerprint density at radius 3 is 2.76 bits per heavy atom. The summed E-state index contributed by atoms with van der Waals surface area (Å²) < 4.78 is 7.66. The quantitative estimate of drug-likeness (QED) is 0.708. The first-order chi connectivity index (χ1) is 12.1. The van der Waals surface area contributed by atoms with Crippen molar-refractivity contribution in [1.29, 1.82) is 0 Å². The molecule has 1 amide bonds. The summed E-state index contributed by atoms with van der Waals surface area (Å²) in [7, 11) is 0. The van der Waals surface area contributed by atoms with Crippen LogP contribution in [0.3, 0.4) is 0 Å². The average molecular weight is 355 g/mol. The molecule has 4 rings (SSSR count). The van der Waals surface area contributed by atoms with E-state index in [0.717, 1.165) is 59.3 Å². The Labute approximate surface area is 150 Å². The highest BCUT2D eigenvalue weighted by Crippen LogP contribution is 2.29. The maximum atomic E-state index is 12.9. The van der Waals surface area contributed by atoms with Gasteiger partial charge in [0.25, 0.3) is 5.91 Å². The first-order valence-corrected chi connectivity index (χ1v) is 9.46. The van der Waals surface area contributed by atoms with Crippen LogP contribution in [0.2, 0.25) is 0 Å². The van der Waals surface area contributed by atoms with Gasteiger partial charge in [0.1, 0.15) is 5.76 Å². The molecule has 3 aromatic rings. The minimum atomic E-state index is 0.126. The van der Waals surface area contributed by atoms with Gasteiger partial charge >= 0.3 is 0 Å². The molecule has 1 fully saturated rings. The summed E-state index contributed by atoms with van der Waals surface area (Å²) in [6.45, 7) is 6.31. The second-order valence-corrected chi connectivity index (χ2v) is 7.51. The monoisotopic (exact) mass is 355 g/mol. The van der Waals surface area contributed by atoms with E-state index in [1.165, 1.54) is 0 Å². The van der Waals surface area contributed by atoms with Crippen LogP contribution in [0.15, 0.2) is 34.3 Å². The molecule has 0 aliphatic carbocycles. The molecule has 0 aromatic carbocycles. The van der Waals surface area contributed by atoms with E-state index in [0.29, 0.717) is 6.54 Å². The molecule has 0 unspecified atom stereocenters. The molecule has 0 N–H and O–H groups in total. The predicted octanol–water partition coefficient (Wildman–Crippen LogP) is 4.11. The van der Waals surface area contributed by atoms with Crippen molar-refractivity contribution in [2.45, 2.75) is 33.2 Å². The van der Waals surface area contributed by atoms with Crippen molar-refractivity contribution >= 4 is 17.2 Å². The Morgan fingerprint density at radius 2 is 2.12 bits per heavy atom. The Hall–Kier alpha value is -2.34. The fourth-order valence-electron chi connectivity index (χ4n) is 3.41. The molecule has 130 valence electrons. The summed E-state index contributed by atoms with van der Waals surface area (Å²) >= 11 is 1.62. The maximum Gasteiger partial charge on any atom is 0.255 e. The second-order valence-electron chi connectivity index (χ2n) is 6.45. The molecular formula is C19H21N3O2S. The van der Waals surface area contributed by atoms with E-state index in [2.05, 4.69) is 9.55 Å². The Kier molecular flexibility index (Phi) is 4.21. The number of aromatic nitrogens is 2. The van der Waals surface area contributed by atoms with Crippen LogP contribution < -0.4 is 0 Å². The summed E-state index contributed by atoms with van der Waals surface area (Å²) in [5.74, 6) is 0.994. The van der Waals surface area contributed by atoms with Crippen molar-refractivity contribution in [2.75, 3.05) is 13.1 Å². The van der Waals surface area contributed by atoms with Gasteiger partial charge in [0.05, 0.1) is 34.8 Å². The second kappa shape index (κ2) is 6.52. The van der Waals surface area contributed by atoms with Crippen LogP contribution in [0.5, 0.6) is 0 Å². The molecule has 0 atom stereocenters. The molecule has 0 spiro atoms. The smallest absolute Gasteiger partial charge is 0.255 e. The summed E-state index contributed by atoms with van der Waals surface area (Å²) in [6, 6.07) is 5.84. The number of aryl methyl sites for hydroxylation is 1. The number of nitrogens with zero attached hydrogens (tertiary/aromatic N) is 3. The average Bonchev–Trinajstić information content (AvgIpc) is 3.37. The Balaban J connectivity index is 1.78. The fourth-order valence-corrected chi connectivity index (χ4v) is 4.01. The highest BCUT2D eigenvalue weighted by Gasteiger charge is 2.25. The van der Waals surface area contributed by atoms with Crippen LogP contribution in [-0.2, 0) is 6.54 Å². The van der Waals surface area contributed by atoms with Crippen molar-refractivity contribution in [3.8, 4) is 11.4 Å². The van der Waals surface area contributed by atoms with E-state index in [1.54, 1.807) is 17.6 Å². The lowest BCUT2D eigenvalue weighted by Crippen LogP contribution is -2.28. The lowest BCUT2D eigenvalue weighted by molar-refractivity contribution is 0.0792. The third-order valence-electron chi connectivity index (χ3n) is 4.77. The van der Waals surface area contributed by atoms with Gasteiger partial charge in [-0.25, -0.2) is 4.98 Å². The minimum Gasteiger partial charge on any atom is -0.467 e. The van der Waals surface area contributed by atoms with Crippen molar-refractivity contribution in [2.24, 2.45) is 0 Å². The van der Waals surface area contributed by atoms with Gasteiger partial charge in [-0.2, -0.15) is 0 Å². The number of hydrogen-bond acceptors (Lipinski definition) is 4. The minimum absolute atomic E-state index is 0.126. The molecule has 25 heavy (non-hydrogen) atoms. The molecule has 1 aliphatic heterocycles. The Bertz CT molecular complexity index is 886. The molecule has 1 saturated heterocycles. The normalized spacial score (nSPS) is 14.4. The third kappa shape index (κ3) is 3.02.